The molecule has 36 heavy (non-hydrogen) atoms. The number of ether oxygens (including phenoxy) is 3. The number of aliphatic hydroxyl groups excluding tert-OH is 1. The molecule has 2 fully saturated rings. The minimum Gasteiger partial charge on any atom is -0.507 e. The van der Waals surface area contributed by atoms with Crippen LogP contribution in [0.15, 0.2) is 66.8 Å². The predicted molar refractivity (Wildman–Crippen MR) is 136 cm³/mol. The molecular weight excluding hydrogens is 460 g/mol. The summed E-state index contributed by atoms with van der Waals surface area (Å²) in [5.74, 6) is -0.308. The number of nitrogens with zero attached hydrogens (tertiary/aromatic N) is 2. The van der Waals surface area contributed by atoms with Crippen LogP contribution in [0.3, 0.4) is 0 Å². The number of amides is 1. The first-order valence-electron chi connectivity index (χ1n) is 12.1. The van der Waals surface area contributed by atoms with E-state index >= 15 is 0 Å². The van der Waals surface area contributed by atoms with Crippen LogP contribution in [0.1, 0.15) is 23.6 Å². The van der Waals surface area contributed by atoms with Crippen molar-refractivity contribution in [1.29, 1.82) is 0 Å². The molecule has 2 aliphatic heterocycles. The summed E-state index contributed by atoms with van der Waals surface area (Å²) in [7, 11) is 1.56. The van der Waals surface area contributed by atoms with E-state index in [4.69, 9.17) is 14.2 Å². The highest BCUT2D eigenvalue weighted by Gasteiger charge is 2.46. The van der Waals surface area contributed by atoms with Gasteiger partial charge >= 0.3 is 0 Å². The summed E-state index contributed by atoms with van der Waals surface area (Å²) in [4.78, 5) is 30.3. The lowest BCUT2D eigenvalue weighted by Gasteiger charge is -2.29. The number of carbonyl (C=O) groups is 2. The molecule has 1 unspecified atom stereocenters. The lowest BCUT2D eigenvalue weighted by atomic mass is 9.95. The molecule has 2 aliphatic rings. The Balaban J connectivity index is 1.66. The van der Waals surface area contributed by atoms with Crippen LogP contribution in [0.4, 0.5) is 0 Å². The second kappa shape index (κ2) is 11.9. The average molecular weight is 493 g/mol. The van der Waals surface area contributed by atoms with Gasteiger partial charge in [0.05, 0.1) is 31.9 Å². The first-order chi connectivity index (χ1) is 17.5. The summed E-state index contributed by atoms with van der Waals surface area (Å²) in [6.45, 7) is 8.27. The Labute approximate surface area is 211 Å². The quantitative estimate of drug-likeness (QED) is 0.235. The molecule has 2 aromatic rings. The molecule has 8 nitrogen and oxygen atoms in total. The first-order valence-corrected chi connectivity index (χ1v) is 12.1. The number of ketones is 1. The van der Waals surface area contributed by atoms with Gasteiger partial charge in [0.25, 0.3) is 11.7 Å². The van der Waals surface area contributed by atoms with E-state index in [0.29, 0.717) is 55.4 Å². The third kappa shape index (κ3) is 5.61. The Morgan fingerprint density at radius 3 is 2.56 bits per heavy atom. The number of carbonyl (C=O) groups excluding carboxylic acids is 2. The third-order valence-electron chi connectivity index (χ3n) is 6.42. The molecular formula is C28H32N2O6. The minimum absolute atomic E-state index is 0.0689. The van der Waals surface area contributed by atoms with Gasteiger partial charge in [-0.1, -0.05) is 24.8 Å². The van der Waals surface area contributed by atoms with Gasteiger partial charge < -0.3 is 24.2 Å². The van der Waals surface area contributed by atoms with E-state index in [1.807, 2.05) is 12.1 Å². The maximum absolute atomic E-state index is 13.2. The van der Waals surface area contributed by atoms with E-state index in [9.17, 15) is 14.7 Å². The monoisotopic (exact) mass is 492 g/mol. The van der Waals surface area contributed by atoms with Crippen molar-refractivity contribution in [1.82, 2.24) is 9.80 Å². The normalized spacial score (nSPS) is 19.9. The van der Waals surface area contributed by atoms with Gasteiger partial charge in [-0.25, -0.2) is 0 Å². The highest BCUT2D eigenvalue weighted by Crippen LogP contribution is 2.40. The van der Waals surface area contributed by atoms with Crippen LogP contribution in [0.2, 0.25) is 0 Å². The van der Waals surface area contributed by atoms with Crippen LogP contribution in [0, 0.1) is 0 Å². The van der Waals surface area contributed by atoms with E-state index in [1.54, 1.807) is 54.5 Å². The molecule has 0 radical (unpaired) electrons. The molecule has 2 saturated heterocycles. The van der Waals surface area contributed by atoms with Gasteiger partial charge in [0.15, 0.2) is 0 Å². The number of Topliss-reactive ketones (excluding diaryl/α,β-unsaturated/α-hetero) is 1. The number of hydrogen-bond donors (Lipinski definition) is 1. The lowest BCUT2D eigenvalue weighted by molar-refractivity contribution is -0.140. The van der Waals surface area contributed by atoms with E-state index < -0.39 is 17.7 Å². The van der Waals surface area contributed by atoms with Crippen molar-refractivity contribution in [3.8, 4) is 11.5 Å². The molecule has 8 heteroatoms. The second-order valence-electron chi connectivity index (χ2n) is 8.70. The second-order valence-corrected chi connectivity index (χ2v) is 8.70. The molecule has 2 heterocycles. The van der Waals surface area contributed by atoms with Crippen molar-refractivity contribution in [3.05, 3.63) is 77.9 Å². The van der Waals surface area contributed by atoms with Gasteiger partial charge in [0, 0.05) is 31.7 Å². The molecule has 1 N–H and O–H groups in total. The van der Waals surface area contributed by atoms with Gasteiger partial charge in [0.1, 0.15) is 23.9 Å². The fourth-order valence-electron chi connectivity index (χ4n) is 4.58. The Morgan fingerprint density at radius 1 is 1.11 bits per heavy atom. The standard InChI is InChI=1S/C28H32N2O6/c1-3-16-36-22-10-8-20(9-11-22)26(31)24-25(21-6-4-7-23(19-21)34-2)30(28(33)27(24)32)13-5-12-29-14-17-35-18-15-29/h3-4,6-11,19,25,31H,1,5,12-18H2,2H3/b26-24-. The SMILES string of the molecule is C=CCOc1ccc(/C(O)=C2/C(=O)C(=O)N(CCCN3CCOCC3)C2c2cccc(OC)c2)cc1. The summed E-state index contributed by atoms with van der Waals surface area (Å²) in [6, 6.07) is 13.3. The topological polar surface area (TPSA) is 88.5 Å². The smallest absolute Gasteiger partial charge is 0.295 e. The summed E-state index contributed by atoms with van der Waals surface area (Å²) in [5.41, 5.74) is 1.20. The Morgan fingerprint density at radius 2 is 1.86 bits per heavy atom. The van der Waals surface area contributed by atoms with Crippen molar-refractivity contribution < 1.29 is 28.9 Å². The number of aliphatic hydroxyl groups is 1. The molecule has 2 aromatic carbocycles. The van der Waals surface area contributed by atoms with Crippen LogP contribution >= 0.6 is 0 Å². The minimum atomic E-state index is -0.721. The van der Waals surface area contributed by atoms with Gasteiger partial charge in [-0.3, -0.25) is 14.5 Å². The van der Waals surface area contributed by atoms with Gasteiger partial charge in [-0.05, 0) is 48.4 Å². The molecule has 0 spiro atoms. The van der Waals surface area contributed by atoms with Crippen LogP contribution in [-0.4, -0.2) is 79.7 Å². The summed E-state index contributed by atoms with van der Waals surface area (Å²) >= 11 is 0. The lowest BCUT2D eigenvalue weighted by Crippen LogP contribution is -2.38. The average Bonchev–Trinajstić information content (AvgIpc) is 3.17. The number of methoxy groups -OCH3 is 1. The summed E-state index contributed by atoms with van der Waals surface area (Å²) in [5, 5.41) is 11.3. The Hall–Kier alpha value is -3.62. The maximum Gasteiger partial charge on any atom is 0.295 e. The van der Waals surface area contributed by atoms with Crippen LogP contribution in [-0.2, 0) is 14.3 Å². The zero-order chi connectivity index (χ0) is 25.5. The van der Waals surface area contributed by atoms with Crippen molar-refractivity contribution in [2.24, 2.45) is 0 Å². The van der Waals surface area contributed by atoms with Gasteiger partial charge in [0.2, 0.25) is 0 Å². The van der Waals surface area contributed by atoms with Gasteiger partial charge in [-0.15, -0.1) is 0 Å². The molecule has 0 saturated carbocycles. The first kappa shape index (κ1) is 25.5. The number of likely N-dealkylation sites (tertiary alicyclic amines) is 1. The number of hydrogen-bond acceptors (Lipinski definition) is 7. The molecule has 1 amide bonds. The fraction of sp³-hybridized carbons (Fsp3) is 0.357. The number of benzene rings is 2. The van der Waals surface area contributed by atoms with Crippen molar-refractivity contribution in [2.75, 3.05) is 53.1 Å². The molecule has 0 bridgehead atoms. The van der Waals surface area contributed by atoms with Gasteiger partial charge in [-0.2, -0.15) is 0 Å². The third-order valence-corrected chi connectivity index (χ3v) is 6.42. The highest BCUT2D eigenvalue weighted by atomic mass is 16.5. The van der Waals surface area contributed by atoms with Crippen LogP contribution < -0.4 is 9.47 Å². The zero-order valence-electron chi connectivity index (χ0n) is 20.5. The fourth-order valence-corrected chi connectivity index (χ4v) is 4.58. The molecule has 4 rings (SSSR count). The van der Waals surface area contributed by atoms with Crippen LogP contribution in [0.5, 0.6) is 11.5 Å². The van der Waals surface area contributed by atoms with Crippen molar-refractivity contribution >= 4 is 17.4 Å². The van der Waals surface area contributed by atoms with E-state index in [-0.39, 0.29) is 11.3 Å². The zero-order valence-corrected chi connectivity index (χ0v) is 20.5. The molecule has 0 aromatic heterocycles. The molecule has 0 aliphatic carbocycles. The Kier molecular flexibility index (Phi) is 8.40. The Bertz CT molecular complexity index is 1120. The van der Waals surface area contributed by atoms with Crippen molar-refractivity contribution in [2.45, 2.75) is 12.5 Å². The van der Waals surface area contributed by atoms with E-state index in [1.165, 1.54) is 0 Å². The number of morpholine rings is 1. The molecule has 1 atom stereocenters. The van der Waals surface area contributed by atoms with Crippen LogP contribution in [0.25, 0.3) is 5.76 Å². The van der Waals surface area contributed by atoms with Crippen molar-refractivity contribution in [3.63, 3.8) is 0 Å². The summed E-state index contributed by atoms with van der Waals surface area (Å²) in [6.07, 6.45) is 2.34. The van der Waals surface area contributed by atoms with E-state index in [0.717, 1.165) is 19.6 Å². The maximum atomic E-state index is 13.2. The summed E-state index contributed by atoms with van der Waals surface area (Å²) < 4.78 is 16.3. The number of rotatable bonds is 10. The van der Waals surface area contributed by atoms with E-state index in [2.05, 4.69) is 11.5 Å². The molecule has 190 valence electrons. The predicted octanol–water partition coefficient (Wildman–Crippen LogP) is 3.40. The largest absolute Gasteiger partial charge is 0.507 e. The highest BCUT2D eigenvalue weighted by molar-refractivity contribution is 6.46.